The molecular weight excluding hydrogens is 345 g/mol. The molecule has 0 aromatic carbocycles. The van der Waals surface area contributed by atoms with Crippen molar-refractivity contribution in [3.05, 3.63) is 0 Å². The number of ether oxygens (including phenoxy) is 2. The number of alkyl halides is 3. The zero-order chi connectivity index (χ0) is 18.8. The van der Waals surface area contributed by atoms with E-state index in [2.05, 4.69) is 20.1 Å². The molecule has 0 aliphatic carbocycles. The van der Waals surface area contributed by atoms with E-state index in [0.29, 0.717) is 6.54 Å². The second kappa shape index (κ2) is 7.17. The van der Waals surface area contributed by atoms with E-state index in [-0.39, 0.29) is 42.4 Å². The third-order valence-corrected chi connectivity index (χ3v) is 3.33. The van der Waals surface area contributed by atoms with Crippen LogP contribution >= 0.6 is 0 Å². The van der Waals surface area contributed by atoms with E-state index in [0.717, 1.165) is 0 Å². The van der Waals surface area contributed by atoms with Gasteiger partial charge < -0.3 is 25.5 Å². The van der Waals surface area contributed by atoms with Gasteiger partial charge in [-0.1, -0.05) is 0 Å². The van der Waals surface area contributed by atoms with E-state index in [1.54, 1.807) is 18.7 Å². The Bertz CT molecular complexity index is 640. The third kappa shape index (κ3) is 4.53. The summed E-state index contributed by atoms with van der Waals surface area (Å²) in [7, 11) is 0. The smallest absolute Gasteiger partial charge is 0.461 e. The maximum absolute atomic E-state index is 12.3. The number of hydrogen-bond donors (Lipinski definition) is 3. The van der Waals surface area contributed by atoms with Gasteiger partial charge in [0, 0.05) is 13.0 Å². The molecule has 0 saturated carbocycles. The predicted octanol–water partition coefficient (Wildman–Crippen LogP) is 0.816. The number of anilines is 3. The Kier molecular flexibility index (Phi) is 5.40. The summed E-state index contributed by atoms with van der Waals surface area (Å²) in [5.74, 6) is 3.51. The molecule has 1 aromatic heterocycles. The number of nitrogens with two attached hydrogens (primary N) is 2. The van der Waals surface area contributed by atoms with Gasteiger partial charge in [0.05, 0.1) is 12.6 Å². The first-order chi connectivity index (χ1) is 11.6. The molecule has 140 valence electrons. The van der Waals surface area contributed by atoms with Gasteiger partial charge in [-0.25, -0.2) is 10.6 Å². The lowest BCUT2D eigenvalue weighted by molar-refractivity contribution is -0.203. The number of hydrazine groups is 1. The SMILES string of the molecule is CC(C)Oc1nc(NN)c(N)c(N2CCC(OC(=O)C(F)(F)F)C2)n1. The highest BCUT2D eigenvalue weighted by Gasteiger charge is 2.43. The Labute approximate surface area is 141 Å². The number of carbonyl (C=O) groups is 1. The largest absolute Gasteiger partial charge is 0.490 e. The van der Waals surface area contributed by atoms with Crippen LogP contribution in [0.3, 0.4) is 0 Å². The van der Waals surface area contributed by atoms with E-state index < -0.39 is 18.2 Å². The van der Waals surface area contributed by atoms with E-state index in [1.165, 1.54) is 0 Å². The average Bonchev–Trinajstić information content (AvgIpc) is 2.95. The van der Waals surface area contributed by atoms with Crippen molar-refractivity contribution >= 4 is 23.3 Å². The van der Waals surface area contributed by atoms with Crippen LogP contribution in [-0.4, -0.2) is 47.4 Å². The van der Waals surface area contributed by atoms with Gasteiger partial charge >= 0.3 is 18.2 Å². The van der Waals surface area contributed by atoms with Gasteiger partial charge in [-0.3, -0.25) is 0 Å². The topological polar surface area (TPSA) is 129 Å². The zero-order valence-electron chi connectivity index (χ0n) is 13.6. The highest BCUT2D eigenvalue weighted by molar-refractivity contribution is 5.77. The molecule has 1 aromatic rings. The van der Waals surface area contributed by atoms with E-state index in [1.807, 2.05) is 0 Å². The summed E-state index contributed by atoms with van der Waals surface area (Å²) in [4.78, 5) is 20.7. The molecule has 1 aliphatic rings. The van der Waals surface area contributed by atoms with Crippen LogP contribution in [0.15, 0.2) is 0 Å². The molecule has 12 heteroatoms. The van der Waals surface area contributed by atoms with E-state index in [9.17, 15) is 18.0 Å². The Morgan fingerprint density at radius 3 is 2.64 bits per heavy atom. The zero-order valence-corrected chi connectivity index (χ0v) is 13.6. The molecule has 1 atom stereocenters. The lowest BCUT2D eigenvalue weighted by Crippen LogP contribution is -2.32. The molecule has 2 heterocycles. The molecule has 1 saturated heterocycles. The minimum absolute atomic E-state index is 0.00810. The van der Waals surface area contributed by atoms with Crippen LogP contribution in [0.25, 0.3) is 0 Å². The lowest BCUT2D eigenvalue weighted by Gasteiger charge is -2.21. The molecular formula is C13H19F3N6O3. The van der Waals surface area contributed by atoms with Gasteiger partial charge in [-0.15, -0.1) is 0 Å². The molecule has 1 unspecified atom stereocenters. The first-order valence-electron chi connectivity index (χ1n) is 7.45. The summed E-state index contributed by atoms with van der Waals surface area (Å²) in [6.45, 7) is 3.85. The fourth-order valence-corrected chi connectivity index (χ4v) is 2.29. The summed E-state index contributed by atoms with van der Waals surface area (Å²) in [6, 6.07) is 0.0166. The van der Waals surface area contributed by atoms with E-state index in [4.69, 9.17) is 16.3 Å². The van der Waals surface area contributed by atoms with Gasteiger partial charge in [0.15, 0.2) is 11.6 Å². The Balaban J connectivity index is 2.17. The number of nitrogens with one attached hydrogen (secondary N) is 1. The maximum atomic E-state index is 12.3. The molecule has 9 nitrogen and oxygen atoms in total. The van der Waals surface area contributed by atoms with Crippen LogP contribution in [0.2, 0.25) is 0 Å². The number of carbonyl (C=O) groups excluding carboxylic acids is 1. The molecule has 0 bridgehead atoms. The van der Waals surface area contributed by atoms with Crippen molar-refractivity contribution in [2.24, 2.45) is 5.84 Å². The predicted molar refractivity (Wildman–Crippen MR) is 82.8 cm³/mol. The molecule has 25 heavy (non-hydrogen) atoms. The highest BCUT2D eigenvalue weighted by Crippen LogP contribution is 2.32. The van der Waals surface area contributed by atoms with Crippen LogP contribution in [-0.2, 0) is 9.53 Å². The molecule has 0 amide bonds. The quantitative estimate of drug-likeness (QED) is 0.395. The standard InChI is InChI=1S/C13H19F3N6O3/c1-6(2)24-12-19-9(21-18)8(17)10(20-12)22-4-3-7(5-22)25-11(23)13(14,15)16/h6-7H,3-5,17-18H2,1-2H3,(H,19,20,21). The number of halogens is 3. The van der Waals surface area contributed by atoms with Crippen LogP contribution in [0.4, 0.5) is 30.5 Å². The normalized spacial score (nSPS) is 17.7. The third-order valence-electron chi connectivity index (χ3n) is 3.33. The summed E-state index contributed by atoms with van der Waals surface area (Å²) in [6.07, 6.45) is -5.96. The summed E-state index contributed by atoms with van der Waals surface area (Å²) in [5, 5.41) is 0. The molecule has 5 N–H and O–H groups in total. The Morgan fingerprint density at radius 1 is 1.40 bits per heavy atom. The van der Waals surface area contributed by atoms with E-state index >= 15 is 0 Å². The Hall–Kier alpha value is -2.50. The maximum Gasteiger partial charge on any atom is 0.490 e. The minimum Gasteiger partial charge on any atom is -0.461 e. The van der Waals surface area contributed by atoms with Gasteiger partial charge in [0.1, 0.15) is 11.8 Å². The van der Waals surface area contributed by atoms with Crippen molar-refractivity contribution in [2.75, 3.05) is 29.1 Å². The monoisotopic (exact) mass is 364 g/mol. The highest BCUT2D eigenvalue weighted by atomic mass is 19.4. The molecule has 0 spiro atoms. The number of esters is 1. The molecule has 1 aliphatic heterocycles. The van der Waals surface area contributed by atoms with Crippen molar-refractivity contribution in [3.8, 4) is 6.01 Å². The summed E-state index contributed by atoms with van der Waals surface area (Å²) in [5.41, 5.74) is 8.37. The van der Waals surface area contributed by atoms with Crippen LogP contribution in [0.1, 0.15) is 20.3 Å². The first-order valence-corrected chi connectivity index (χ1v) is 7.45. The van der Waals surface area contributed by atoms with Crippen LogP contribution < -0.4 is 26.6 Å². The fraction of sp³-hybridized carbons (Fsp3) is 0.615. The van der Waals surface area contributed by atoms with Crippen molar-refractivity contribution in [3.63, 3.8) is 0 Å². The first kappa shape index (κ1) is 18.8. The number of nitrogens with zero attached hydrogens (tertiary/aromatic N) is 3. The van der Waals surface area contributed by atoms with Crippen molar-refractivity contribution in [2.45, 2.75) is 38.7 Å². The Morgan fingerprint density at radius 2 is 2.08 bits per heavy atom. The van der Waals surface area contributed by atoms with Gasteiger partial charge in [-0.2, -0.15) is 23.1 Å². The van der Waals surface area contributed by atoms with Crippen LogP contribution in [0.5, 0.6) is 6.01 Å². The van der Waals surface area contributed by atoms with Gasteiger partial charge in [0.25, 0.3) is 0 Å². The lowest BCUT2D eigenvalue weighted by atomic mass is 10.3. The second-order valence-electron chi connectivity index (χ2n) is 5.66. The molecule has 1 fully saturated rings. The summed E-state index contributed by atoms with van der Waals surface area (Å²) < 4.78 is 46.7. The van der Waals surface area contributed by atoms with Gasteiger partial charge in [-0.05, 0) is 13.8 Å². The summed E-state index contributed by atoms with van der Waals surface area (Å²) >= 11 is 0. The van der Waals surface area contributed by atoms with Crippen LogP contribution in [0, 0.1) is 0 Å². The molecule has 2 rings (SSSR count). The van der Waals surface area contributed by atoms with Gasteiger partial charge in [0.2, 0.25) is 0 Å². The minimum atomic E-state index is -5.03. The fourth-order valence-electron chi connectivity index (χ4n) is 2.29. The van der Waals surface area contributed by atoms with Crippen molar-refractivity contribution < 1.29 is 27.4 Å². The average molecular weight is 364 g/mol. The number of rotatable bonds is 5. The van der Waals surface area contributed by atoms with Crippen molar-refractivity contribution in [1.29, 1.82) is 0 Å². The number of aromatic nitrogens is 2. The number of hydrogen-bond acceptors (Lipinski definition) is 9. The number of nitrogen functional groups attached to an aromatic ring is 2. The molecule has 0 radical (unpaired) electrons. The second-order valence-corrected chi connectivity index (χ2v) is 5.66. The van der Waals surface area contributed by atoms with Crippen molar-refractivity contribution in [1.82, 2.24) is 9.97 Å².